The van der Waals surface area contributed by atoms with Crippen LogP contribution < -0.4 is 14.8 Å². The molecule has 0 bridgehead atoms. The Kier molecular flexibility index (Phi) is 6.82. The van der Waals surface area contributed by atoms with Crippen molar-refractivity contribution in [3.63, 3.8) is 0 Å². The third kappa shape index (κ3) is 6.53. The molecule has 176 valence electrons. The number of carbonyl (C=O) groups is 1. The highest BCUT2D eigenvalue weighted by Gasteiger charge is 2.28. The lowest BCUT2D eigenvalue weighted by Crippen LogP contribution is -2.25. The number of sulfonamides is 2. The van der Waals surface area contributed by atoms with Gasteiger partial charge in [-0.2, -0.15) is 0 Å². The summed E-state index contributed by atoms with van der Waals surface area (Å²) < 4.78 is 54.4. The predicted molar refractivity (Wildman–Crippen MR) is 132 cm³/mol. The fourth-order valence-electron chi connectivity index (χ4n) is 3.05. The van der Waals surface area contributed by atoms with Gasteiger partial charge in [-0.15, -0.1) is 0 Å². The molecular formula is C24H23N3O5S2. The topological polar surface area (TPSA) is 121 Å². The Labute approximate surface area is 198 Å². The van der Waals surface area contributed by atoms with Gasteiger partial charge in [0, 0.05) is 23.0 Å². The summed E-state index contributed by atoms with van der Waals surface area (Å²) in [5.41, 5.74) is 1.67. The molecule has 0 spiro atoms. The number of benzene rings is 3. The monoisotopic (exact) mass is 497 g/mol. The van der Waals surface area contributed by atoms with Crippen LogP contribution in [0.1, 0.15) is 28.8 Å². The van der Waals surface area contributed by atoms with E-state index in [1.165, 1.54) is 42.5 Å². The summed E-state index contributed by atoms with van der Waals surface area (Å²) in [5.74, 6) is -0.455. The molecular weight excluding hydrogens is 474 g/mol. The molecule has 0 unspecified atom stereocenters. The van der Waals surface area contributed by atoms with Crippen LogP contribution in [-0.2, 0) is 20.0 Å². The molecule has 1 saturated carbocycles. The van der Waals surface area contributed by atoms with Crippen molar-refractivity contribution in [1.29, 1.82) is 0 Å². The number of anilines is 2. The molecule has 10 heteroatoms. The lowest BCUT2D eigenvalue weighted by molar-refractivity contribution is 0.102. The van der Waals surface area contributed by atoms with Gasteiger partial charge in [0.25, 0.3) is 15.9 Å². The minimum atomic E-state index is -3.73. The average molecular weight is 498 g/mol. The lowest BCUT2D eigenvalue weighted by Gasteiger charge is -2.10. The van der Waals surface area contributed by atoms with Crippen LogP contribution in [0.5, 0.6) is 0 Å². The first-order valence-corrected chi connectivity index (χ1v) is 13.5. The Balaban J connectivity index is 1.39. The van der Waals surface area contributed by atoms with Crippen molar-refractivity contribution in [2.75, 3.05) is 10.0 Å². The molecule has 0 radical (unpaired) electrons. The van der Waals surface area contributed by atoms with Gasteiger partial charge in [0.15, 0.2) is 0 Å². The molecule has 0 aliphatic heterocycles. The molecule has 3 aromatic rings. The fraction of sp³-hybridized carbons (Fsp3) is 0.125. The van der Waals surface area contributed by atoms with Crippen LogP contribution in [0.15, 0.2) is 89.2 Å². The number of carbonyl (C=O) groups excluding carboxylic acids is 1. The first-order chi connectivity index (χ1) is 16.2. The highest BCUT2D eigenvalue weighted by Crippen LogP contribution is 2.23. The van der Waals surface area contributed by atoms with Gasteiger partial charge in [-0.05, 0) is 66.9 Å². The molecule has 0 heterocycles. The molecule has 1 aliphatic carbocycles. The van der Waals surface area contributed by atoms with E-state index < -0.39 is 26.0 Å². The second-order valence-electron chi connectivity index (χ2n) is 7.82. The molecule has 8 nitrogen and oxygen atoms in total. The maximum Gasteiger partial charge on any atom is 0.255 e. The van der Waals surface area contributed by atoms with Crippen LogP contribution in [0.4, 0.5) is 11.4 Å². The van der Waals surface area contributed by atoms with Gasteiger partial charge in [0.05, 0.1) is 10.3 Å². The third-order valence-electron chi connectivity index (χ3n) is 4.95. The maximum absolute atomic E-state index is 12.6. The summed E-state index contributed by atoms with van der Waals surface area (Å²) in [6.07, 6.45) is 3.13. The van der Waals surface area contributed by atoms with Crippen LogP contribution in [0.25, 0.3) is 6.08 Å². The van der Waals surface area contributed by atoms with Crippen molar-refractivity contribution in [3.8, 4) is 0 Å². The molecule has 3 aromatic carbocycles. The molecule has 4 rings (SSSR count). The van der Waals surface area contributed by atoms with E-state index in [2.05, 4.69) is 14.8 Å². The van der Waals surface area contributed by atoms with Gasteiger partial charge in [-0.1, -0.05) is 36.4 Å². The summed E-state index contributed by atoms with van der Waals surface area (Å²) in [6, 6.07) is 20.9. The third-order valence-corrected chi connectivity index (χ3v) is 7.48. The van der Waals surface area contributed by atoms with Crippen LogP contribution in [-0.4, -0.2) is 28.8 Å². The van der Waals surface area contributed by atoms with Crippen LogP contribution in [0.2, 0.25) is 0 Å². The molecule has 1 amide bonds. The lowest BCUT2D eigenvalue weighted by atomic mass is 10.2. The summed E-state index contributed by atoms with van der Waals surface area (Å²) in [6.45, 7) is 0. The zero-order valence-corrected chi connectivity index (χ0v) is 19.6. The summed E-state index contributed by atoms with van der Waals surface area (Å²) in [5, 5.41) is 3.74. The smallest absolute Gasteiger partial charge is 0.255 e. The minimum Gasteiger partial charge on any atom is -0.322 e. The van der Waals surface area contributed by atoms with E-state index >= 15 is 0 Å². The summed E-state index contributed by atoms with van der Waals surface area (Å²) >= 11 is 0. The van der Waals surface area contributed by atoms with Gasteiger partial charge in [0.1, 0.15) is 0 Å². The van der Waals surface area contributed by atoms with E-state index in [1.54, 1.807) is 24.3 Å². The standard InChI is InChI=1S/C24H23N3O5S2/c28-24(25-22-7-4-8-23(17-22)34(31,32)27-21-13-14-21)19-9-11-20(12-10-19)26-33(29,30)16-15-18-5-2-1-3-6-18/h1-12,15-17,21,26-27H,13-14H2,(H,25,28)/b16-15+. The van der Waals surface area contributed by atoms with Crippen LogP contribution in [0.3, 0.4) is 0 Å². The van der Waals surface area contributed by atoms with Crippen molar-refractivity contribution in [2.24, 2.45) is 0 Å². The fourth-order valence-corrected chi connectivity index (χ4v) is 5.27. The molecule has 1 aliphatic rings. The summed E-state index contributed by atoms with van der Waals surface area (Å²) in [7, 11) is -7.37. The predicted octanol–water partition coefficient (Wildman–Crippen LogP) is 3.79. The van der Waals surface area contributed by atoms with Gasteiger partial charge < -0.3 is 5.32 Å². The largest absolute Gasteiger partial charge is 0.322 e. The van der Waals surface area contributed by atoms with Crippen LogP contribution >= 0.6 is 0 Å². The Morgan fingerprint density at radius 1 is 0.824 bits per heavy atom. The second kappa shape index (κ2) is 9.80. The van der Waals surface area contributed by atoms with Crippen molar-refractivity contribution >= 4 is 43.4 Å². The van der Waals surface area contributed by atoms with Crippen molar-refractivity contribution in [1.82, 2.24) is 4.72 Å². The SMILES string of the molecule is O=C(Nc1cccc(S(=O)(=O)NC2CC2)c1)c1ccc(NS(=O)(=O)/C=C/c2ccccc2)cc1. The highest BCUT2D eigenvalue weighted by molar-refractivity contribution is 7.95. The second-order valence-corrected chi connectivity index (χ2v) is 11.1. The van der Waals surface area contributed by atoms with Gasteiger partial charge in [-0.3, -0.25) is 9.52 Å². The van der Waals surface area contributed by atoms with E-state index in [4.69, 9.17) is 0 Å². The number of hydrogen-bond donors (Lipinski definition) is 3. The zero-order chi connectivity index (χ0) is 24.2. The molecule has 1 fully saturated rings. The highest BCUT2D eigenvalue weighted by atomic mass is 32.2. The van der Waals surface area contributed by atoms with E-state index in [0.717, 1.165) is 23.8 Å². The van der Waals surface area contributed by atoms with Gasteiger partial charge in [-0.25, -0.2) is 21.6 Å². The average Bonchev–Trinajstić information content (AvgIpc) is 3.62. The van der Waals surface area contributed by atoms with Crippen LogP contribution in [0, 0.1) is 0 Å². The number of nitrogens with one attached hydrogen (secondary N) is 3. The minimum absolute atomic E-state index is 0.0204. The number of rotatable bonds is 9. The van der Waals surface area contributed by atoms with E-state index in [-0.39, 0.29) is 16.5 Å². The van der Waals surface area contributed by atoms with E-state index in [0.29, 0.717) is 11.4 Å². The van der Waals surface area contributed by atoms with Crippen molar-refractivity contribution < 1.29 is 21.6 Å². The zero-order valence-electron chi connectivity index (χ0n) is 18.0. The molecule has 0 saturated heterocycles. The Bertz CT molecular complexity index is 1410. The molecule has 3 N–H and O–H groups in total. The Hall–Kier alpha value is -3.47. The maximum atomic E-state index is 12.6. The van der Waals surface area contributed by atoms with Crippen molar-refractivity contribution in [2.45, 2.75) is 23.8 Å². The van der Waals surface area contributed by atoms with Gasteiger partial charge >= 0.3 is 0 Å². The normalized spacial score (nSPS) is 14.1. The van der Waals surface area contributed by atoms with Gasteiger partial charge in [0.2, 0.25) is 10.0 Å². The Morgan fingerprint density at radius 3 is 2.21 bits per heavy atom. The number of hydrogen-bond acceptors (Lipinski definition) is 5. The molecule has 34 heavy (non-hydrogen) atoms. The summed E-state index contributed by atoms with van der Waals surface area (Å²) in [4.78, 5) is 12.7. The number of amides is 1. The van der Waals surface area contributed by atoms with Crippen molar-refractivity contribution in [3.05, 3.63) is 95.4 Å². The first-order valence-electron chi connectivity index (χ1n) is 10.5. The quantitative estimate of drug-likeness (QED) is 0.415. The Morgan fingerprint density at radius 2 is 1.53 bits per heavy atom. The first kappa shape index (κ1) is 23.7. The molecule has 0 atom stereocenters. The van der Waals surface area contributed by atoms with E-state index in [1.807, 2.05) is 18.2 Å². The van der Waals surface area contributed by atoms with E-state index in [9.17, 15) is 21.6 Å². The molecule has 0 aromatic heterocycles.